The SMILES string of the molecule is CC(=O)c1ccc(-c2ccccc2)c(C(=O)Nc2ccc3c(c2)CCN3C(=O)Cc2ccccn2)c1. The van der Waals surface area contributed by atoms with E-state index in [9.17, 15) is 14.4 Å². The molecule has 0 unspecified atom stereocenters. The number of ketones is 1. The van der Waals surface area contributed by atoms with Crippen LogP contribution in [0.2, 0.25) is 0 Å². The molecule has 6 nitrogen and oxygen atoms in total. The molecule has 6 heteroatoms. The normalized spacial score (nSPS) is 12.2. The van der Waals surface area contributed by atoms with E-state index < -0.39 is 0 Å². The Kier molecular flexibility index (Phi) is 6.41. The maximum absolute atomic E-state index is 13.4. The van der Waals surface area contributed by atoms with Crippen LogP contribution in [-0.2, 0) is 17.6 Å². The minimum atomic E-state index is -0.294. The van der Waals surface area contributed by atoms with Gasteiger partial charge in [-0.15, -0.1) is 0 Å². The summed E-state index contributed by atoms with van der Waals surface area (Å²) in [7, 11) is 0. The molecule has 0 fully saturated rings. The number of hydrogen-bond acceptors (Lipinski definition) is 4. The van der Waals surface area contributed by atoms with Crippen molar-refractivity contribution in [3.05, 3.63) is 114 Å². The molecule has 2 amide bonds. The minimum absolute atomic E-state index is 0.00205. The summed E-state index contributed by atoms with van der Waals surface area (Å²) in [5.74, 6) is -0.396. The van der Waals surface area contributed by atoms with Crippen molar-refractivity contribution in [2.45, 2.75) is 19.8 Å². The Balaban J connectivity index is 1.38. The zero-order chi connectivity index (χ0) is 25.1. The van der Waals surface area contributed by atoms with Crippen LogP contribution < -0.4 is 10.2 Å². The van der Waals surface area contributed by atoms with Gasteiger partial charge in [-0.3, -0.25) is 19.4 Å². The molecule has 0 atom stereocenters. The highest BCUT2D eigenvalue weighted by Crippen LogP contribution is 2.32. The number of carbonyl (C=O) groups is 3. The van der Waals surface area contributed by atoms with Crippen molar-refractivity contribution >= 4 is 29.0 Å². The molecule has 1 N–H and O–H groups in total. The van der Waals surface area contributed by atoms with E-state index in [0.717, 1.165) is 28.1 Å². The van der Waals surface area contributed by atoms with Gasteiger partial charge in [0.05, 0.1) is 6.42 Å². The number of rotatable bonds is 6. The second-order valence-electron chi connectivity index (χ2n) is 8.77. The molecule has 0 aliphatic carbocycles. The molecule has 1 aliphatic heterocycles. The van der Waals surface area contributed by atoms with Gasteiger partial charge < -0.3 is 10.2 Å². The van der Waals surface area contributed by atoms with Gasteiger partial charge in [-0.05, 0) is 66.4 Å². The summed E-state index contributed by atoms with van der Waals surface area (Å²) in [4.78, 5) is 44.3. The number of carbonyl (C=O) groups excluding carboxylic acids is 3. The lowest BCUT2D eigenvalue weighted by Crippen LogP contribution is -2.30. The Hall–Kier alpha value is -4.58. The molecule has 0 bridgehead atoms. The minimum Gasteiger partial charge on any atom is -0.322 e. The summed E-state index contributed by atoms with van der Waals surface area (Å²) in [5, 5.41) is 2.98. The smallest absolute Gasteiger partial charge is 0.256 e. The molecule has 5 rings (SSSR count). The molecule has 3 aromatic carbocycles. The van der Waals surface area contributed by atoms with Crippen molar-refractivity contribution in [3.8, 4) is 11.1 Å². The number of Topliss-reactive ketones (excluding diaryl/α,β-unsaturated/α-hetero) is 1. The number of amides is 2. The largest absolute Gasteiger partial charge is 0.322 e. The first-order valence-corrected chi connectivity index (χ1v) is 11.8. The number of pyridine rings is 1. The van der Waals surface area contributed by atoms with E-state index in [1.54, 1.807) is 29.3 Å². The zero-order valence-corrected chi connectivity index (χ0v) is 19.9. The second-order valence-corrected chi connectivity index (χ2v) is 8.77. The van der Waals surface area contributed by atoms with Gasteiger partial charge in [0.1, 0.15) is 0 Å². The fourth-order valence-corrected chi connectivity index (χ4v) is 4.51. The summed E-state index contributed by atoms with van der Waals surface area (Å²) >= 11 is 0. The topological polar surface area (TPSA) is 79.4 Å². The molecule has 2 heterocycles. The van der Waals surface area contributed by atoms with Gasteiger partial charge in [-0.25, -0.2) is 0 Å². The van der Waals surface area contributed by atoms with Crippen LogP contribution in [0.4, 0.5) is 11.4 Å². The van der Waals surface area contributed by atoms with Crippen LogP contribution in [0.3, 0.4) is 0 Å². The molecule has 0 saturated heterocycles. The first-order valence-electron chi connectivity index (χ1n) is 11.8. The van der Waals surface area contributed by atoms with Gasteiger partial charge in [-0.1, -0.05) is 48.5 Å². The monoisotopic (exact) mass is 475 g/mol. The number of aromatic nitrogens is 1. The third-order valence-corrected chi connectivity index (χ3v) is 6.35. The van der Waals surface area contributed by atoms with Crippen molar-refractivity contribution in [2.24, 2.45) is 0 Å². The fourth-order valence-electron chi connectivity index (χ4n) is 4.51. The molecule has 4 aromatic rings. The Morgan fingerprint density at radius 3 is 2.47 bits per heavy atom. The second kappa shape index (κ2) is 9.96. The number of nitrogens with zero attached hydrogens (tertiary/aromatic N) is 2. The third kappa shape index (κ3) is 4.79. The van der Waals surface area contributed by atoms with Gasteiger partial charge in [-0.2, -0.15) is 0 Å². The Labute approximate surface area is 209 Å². The maximum Gasteiger partial charge on any atom is 0.256 e. The summed E-state index contributed by atoms with van der Waals surface area (Å²) in [6, 6.07) is 26.0. The van der Waals surface area contributed by atoms with Gasteiger partial charge in [0, 0.05) is 40.9 Å². The highest BCUT2D eigenvalue weighted by Gasteiger charge is 2.25. The molecule has 0 radical (unpaired) electrons. The number of benzene rings is 3. The van der Waals surface area contributed by atoms with Crippen molar-refractivity contribution in [2.75, 3.05) is 16.8 Å². The predicted molar refractivity (Wildman–Crippen MR) is 140 cm³/mol. The maximum atomic E-state index is 13.4. The van der Waals surface area contributed by atoms with Crippen LogP contribution in [-0.4, -0.2) is 29.1 Å². The lowest BCUT2D eigenvalue weighted by Gasteiger charge is -2.18. The van der Waals surface area contributed by atoms with Gasteiger partial charge in [0.25, 0.3) is 5.91 Å². The van der Waals surface area contributed by atoms with Gasteiger partial charge in [0.2, 0.25) is 5.91 Å². The number of nitrogens with one attached hydrogen (secondary N) is 1. The molecule has 178 valence electrons. The fraction of sp³-hybridized carbons (Fsp3) is 0.133. The molecule has 1 aliphatic rings. The highest BCUT2D eigenvalue weighted by molar-refractivity contribution is 6.10. The standard InChI is InChI=1S/C30H25N3O3/c1-20(34)22-10-12-26(21-7-3-2-4-8-21)27(18-22)30(36)32-25-11-13-28-23(17-25)14-16-33(28)29(35)19-24-9-5-6-15-31-24/h2-13,15,17-18H,14,16,19H2,1H3,(H,32,36). The van der Waals surface area contributed by atoms with E-state index in [2.05, 4.69) is 10.3 Å². The van der Waals surface area contributed by atoms with Crippen molar-refractivity contribution in [1.82, 2.24) is 4.98 Å². The molecule has 36 heavy (non-hydrogen) atoms. The number of anilines is 2. The van der Waals surface area contributed by atoms with Crippen LogP contribution >= 0.6 is 0 Å². The average molecular weight is 476 g/mol. The van der Waals surface area contributed by atoms with E-state index >= 15 is 0 Å². The summed E-state index contributed by atoms with van der Waals surface area (Å²) in [6.07, 6.45) is 2.64. The van der Waals surface area contributed by atoms with Crippen molar-refractivity contribution in [3.63, 3.8) is 0 Å². The van der Waals surface area contributed by atoms with E-state index in [-0.39, 0.29) is 24.0 Å². The Morgan fingerprint density at radius 1 is 0.917 bits per heavy atom. The first-order chi connectivity index (χ1) is 17.5. The molecule has 1 aromatic heterocycles. The van der Waals surface area contributed by atoms with Crippen LogP contribution in [0.1, 0.15) is 38.9 Å². The van der Waals surface area contributed by atoms with Gasteiger partial charge >= 0.3 is 0 Å². The van der Waals surface area contributed by atoms with E-state index in [0.29, 0.717) is 29.8 Å². The predicted octanol–water partition coefficient (Wildman–Crippen LogP) is 5.34. The lowest BCUT2D eigenvalue weighted by molar-refractivity contribution is -0.117. The molecule has 0 saturated carbocycles. The summed E-state index contributed by atoms with van der Waals surface area (Å²) in [6.45, 7) is 2.08. The number of hydrogen-bond donors (Lipinski definition) is 1. The lowest BCUT2D eigenvalue weighted by atomic mass is 9.96. The summed E-state index contributed by atoms with van der Waals surface area (Å²) in [5.41, 5.74) is 5.81. The Morgan fingerprint density at radius 2 is 1.72 bits per heavy atom. The average Bonchev–Trinajstić information content (AvgIpc) is 3.33. The third-order valence-electron chi connectivity index (χ3n) is 6.35. The van der Waals surface area contributed by atoms with E-state index in [1.807, 2.05) is 66.7 Å². The van der Waals surface area contributed by atoms with Crippen LogP contribution in [0.25, 0.3) is 11.1 Å². The van der Waals surface area contributed by atoms with E-state index in [4.69, 9.17) is 0 Å². The van der Waals surface area contributed by atoms with Crippen LogP contribution in [0.5, 0.6) is 0 Å². The van der Waals surface area contributed by atoms with Crippen LogP contribution in [0, 0.1) is 0 Å². The van der Waals surface area contributed by atoms with Crippen molar-refractivity contribution < 1.29 is 14.4 Å². The quantitative estimate of drug-likeness (QED) is 0.382. The molecular formula is C30H25N3O3. The number of fused-ring (bicyclic) bond motifs is 1. The van der Waals surface area contributed by atoms with Crippen LogP contribution in [0.15, 0.2) is 91.1 Å². The summed E-state index contributed by atoms with van der Waals surface area (Å²) < 4.78 is 0. The molecular weight excluding hydrogens is 450 g/mol. The first kappa shape index (κ1) is 23.2. The van der Waals surface area contributed by atoms with Gasteiger partial charge in [0.15, 0.2) is 5.78 Å². The van der Waals surface area contributed by atoms with E-state index in [1.165, 1.54) is 6.92 Å². The Bertz CT molecular complexity index is 1450. The van der Waals surface area contributed by atoms with Crippen molar-refractivity contribution in [1.29, 1.82) is 0 Å². The zero-order valence-electron chi connectivity index (χ0n) is 19.9. The molecule has 0 spiro atoms. The highest BCUT2D eigenvalue weighted by atomic mass is 16.2.